The van der Waals surface area contributed by atoms with Gasteiger partial charge in [-0.2, -0.15) is 0 Å². The summed E-state index contributed by atoms with van der Waals surface area (Å²) in [7, 11) is 0. The van der Waals surface area contributed by atoms with Crippen molar-refractivity contribution in [3.8, 4) is 11.3 Å². The predicted octanol–water partition coefficient (Wildman–Crippen LogP) is 0.842. The zero-order valence-corrected chi connectivity index (χ0v) is 8.22. The molecular formula is C11H11N3O. The van der Waals surface area contributed by atoms with Crippen LogP contribution >= 0.6 is 0 Å². The molecule has 0 bridgehead atoms. The van der Waals surface area contributed by atoms with E-state index in [1.807, 2.05) is 16.8 Å². The van der Waals surface area contributed by atoms with Crippen LogP contribution in [-0.4, -0.2) is 26.7 Å². The summed E-state index contributed by atoms with van der Waals surface area (Å²) in [4.78, 5) is 0. The first kappa shape index (κ1) is 8.61. The molecule has 4 heteroatoms. The predicted molar refractivity (Wildman–Crippen MR) is 55.3 cm³/mol. The Morgan fingerprint density at radius 1 is 1.33 bits per heavy atom. The fourth-order valence-electron chi connectivity index (χ4n) is 2.08. The number of fused-ring (bicyclic) bond motifs is 3. The van der Waals surface area contributed by atoms with Gasteiger partial charge in [0, 0.05) is 18.6 Å². The molecule has 0 spiro atoms. The second-order valence-corrected chi connectivity index (χ2v) is 3.67. The van der Waals surface area contributed by atoms with Crippen LogP contribution in [0.4, 0.5) is 0 Å². The van der Waals surface area contributed by atoms with Crippen molar-refractivity contribution in [2.75, 3.05) is 6.61 Å². The highest BCUT2D eigenvalue weighted by atomic mass is 16.3. The molecule has 0 unspecified atom stereocenters. The molecule has 3 rings (SSSR count). The monoisotopic (exact) mass is 201 g/mol. The number of rotatable bonds is 2. The van der Waals surface area contributed by atoms with Crippen molar-refractivity contribution in [2.24, 2.45) is 0 Å². The van der Waals surface area contributed by atoms with E-state index in [-0.39, 0.29) is 6.61 Å². The maximum Gasteiger partial charge on any atom is 0.0930 e. The van der Waals surface area contributed by atoms with Gasteiger partial charge in [-0.15, -0.1) is 5.10 Å². The van der Waals surface area contributed by atoms with Crippen LogP contribution in [0, 0.1) is 0 Å². The number of benzene rings is 1. The molecule has 0 fully saturated rings. The van der Waals surface area contributed by atoms with Crippen molar-refractivity contribution < 1.29 is 5.11 Å². The van der Waals surface area contributed by atoms with Crippen molar-refractivity contribution >= 4 is 0 Å². The van der Waals surface area contributed by atoms with Crippen molar-refractivity contribution in [1.29, 1.82) is 0 Å². The van der Waals surface area contributed by atoms with Crippen molar-refractivity contribution in [2.45, 2.75) is 13.0 Å². The first-order valence-electron chi connectivity index (χ1n) is 5.01. The smallest absolute Gasteiger partial charge is 0.0930 e. The molecule has 1 N–H and O–H groups in total. The second-order valence-electron chi connectivity index (χ2n) is 3.67. The standard InChI is InChI=1S/C11H11N3O/c15-6-5-10-11-9-4-2-1-3-8(9)7-14(11)13-12-10/h1-4,15H,5-7H2. The quantitative estimate of drug-likeness (QED) is 0.668. The summed E-state index contributed by atoms with van der Waals surface area (Å²) in [5.74, 6) is 0. The third-order valence-corrected chi connectivity index (χ3v) is 2.75. The molecule has 0 saturated heterocycles. The molecular weight excluding hydrogens is 190 g/mol. The van der Waals surface area contributed by atoms with E-state index in [1.165, 1.54) is 11.1 Å². The van der Waals surface area contributed by atoms with E-state index in [9.17, 15) is 0 Å². The number of hydrogen-bond donors (Lipinski definition) is 1. The van der Waals surface area contributed by atoms with Crippen LogP contribution in [0.5, 0.6) is 0 Å². The fraction of sp³-hybridized carbons (Fsp3) is 0.273. The summed E-state index contributed by atoms with van der Waals surface area (Å²) in [6.45, 7) is 0.914. The SMILES string of the molecule is OCCc1nnn2c1-c1ccccc1C2. The van der Waals surface area contributed by atoms with Gasteiger partial charge in [-0.05, 0) is 5.56 Å². The lowest BCUT2D eigenvalue weighted by Crippen LogP contribution is -1.94. The molecule has 4 nitrogen and oxygen atoms in total. The Labute approximate surface area is 87.2 Å². The molecule has 1 aliphatic heterocycles. The largest absolute Gasteiger partial charge is 0.396 e. The van der Waals surface area contributed by atoms with E-state index in [0.29, 0.717) is 6.42 Å². The Hall–Kier alpha value is -1.68. The van der Waals surface area contributed by atoms with Gasteiger partial charge in [0.2, 0.25) is 0 Å². The minimum Gasteiger partial charge on any atom is -0.396 e. The van der Waals surface area contributed by atoms with Crippen LogP contribution in [0.3, 0.4) is 0 Å². The lowest BCUT2D eigenvalue weighted by atomic mass is 10.1. The average molecular weight is 201 g/mol. The van der Waals surface area contributed by atoms with Crippen molar-refractivity contribution in [1.82, 2.24) is 15.0 Å². The van der Waals surface area contributed by atoms with E-state index < -0.39 is 0 Å². The third kappa shape index (κ3) is 1.18. The molecule has 1 aromatic carbocycles. The maximum absolute atomic E-state index is 8.94. The molecule has 1 aliphatic rings. The number of aliphatic hydroxyl groups is 1. The Kier molecular flexibility index (Phi) is 1.82. The highest BCUT2D eigenvalue weighted by Gasteiger charge is 2.23. The highest BCUT2D eigenvalue weighted by Crippen LogP contribution is 2.32. The number of aromatic nitrogens is 3. The summed E-state index contributed by atoms with van der Waals surface area (Å²) in [5.41, 5.74) is 4.44. The van der Waals surface area contributed by atoms with E-state index >= 15 is 0 Å². The molecule has 0 radical (unpaired) electrons. The maximum atomic E-state index is 8.94. The van der Waals surface area contributed by atoms with Crippen LogP contribution < -0.4 is 0 Å². The second kappa shape index (κ2) is 3.17. The van der Waals surface area contributed by atoms with Gasteiger partial charge in [-0.25, -0.2) is 4.68 Å². The lowest BCUT2D eigenvalue weighted by Gasteiger charge is -1.98. The molecule has 76 valence electrons. The first-order chi connectivity index (χ1) is 7.40. The van der Waals surface area contributed by atoms with Crippen LogP contribution in [0.15, 0.2) is 24.3 Å². The van der Waals surface area contributed by atoms with E-state index in [2.05, 4.69) is 22.4 Å². The van der Waals surface area contributed by atoms with Gasteiger partial charge in [-0.3, -0.25) is 0 Å². The number of nitrogens with zero attached hydrogens (tertiary/aromatic N) is 3. The molecule has 0 amide bonds. The molecule has 0 aliphatic carbocycles. The molecule has 15 heavy (non-hydrogen) atoms. The zero-order chi connectivity index (χ0) is 10.3. The van der Waals surface area contributed by atoms with Crippen LogP contribution in [0.25, 0.3) is 11.3 Å². The zero-order valence-electron chi connectivity index (χ0n) is 8.22. The molecule has 2 aromatic rings. The molecule has 0 saturated carbocycles. The normalized spacial score (nSPS) is 12.6. The van der Waals surface area contributed by atoms with Crippen LogP contribution in [0.1, 0.15) is 11.3 Å². The Morgan fingerprint density at radius 2 is 2.20 bits per heavy atom. The third-order valence-electron chi connectivity index (χ3n) is 2.75. The molecule has 2 heterocycles. The van der Waals surface area contributed by atoms with Gasteiger partial charge in [0.25, 0.3) is 0 Å². The summed E-state index contributed by atoms with van der Waals surface area (Å²) < 4.78 is 1.90. The summed E-state index contributed by atoms with van der Waals surface area (Å²) in [5, 5.41) is 17.1. The van der Waals surface area contributed by atoms with Crippen LogP contribution in [-0.2, 0) is 13.0 Å². The fourth-order valence-corrected chi connectivity index (χ4v) is 2.08. The lowest BCUT2D eigenvalue weighted by molar-refractivity contribution is 0.298. The van der Waals surface area contributed by atoms with Gasteiger partial charge >= 0.3 is 0 Å². The van der Waals surface area contributed by atoms with E-state index in [4.69, 9.17) is 5.11 Å². The molecule has 1 aromatic heterocycles. The van der Waals surface area contributed by atoms with Crippen molar-refractivity contribution in [3.05, 3.63) is 35.5 Å². The minimum absolute atomic E-state index is 0.119. The average Bonchev–Trinajstić information content (AvgIpc) is 2.78. The Morgan fingerprint density at radius 3 is 3.07 bits per heavy atom. The Balaban J connectivity index is 2.16. The van der Waals surface area contributed by atoms with Gasteiger partial charge in [-0.1, -0.05) is 29.5 Å². The summed E-state index contributed by atoms with van der Waals surface area (Å²) in [6, 6.07) is 8.24. The van der Waals surface area contributed by atoms with Crippen LogP contribution in [0.2, 0.25) is 0 Å². The summed E-state index contributed by atoms with van der Waals surface area (Å²) >= 11 is 0. The number of hydrogen-bond acceptors (Lipinski definition) is 3. The number of aliphatic hydroxyl groups excluding tert-OH is 1. The van der Waals surface area contributed by atoms with Crippen molar-refractivity contribution in [3.63, 3.8) is 0 Å². The Bertz CT molecular complexity index is 504. The minimum atomic E-state index is 0.119. The topological polar surface area (TPSA) is 50.9 Å². The van der Waals surface area contributed by atoms with Gasteiger partial charge in [0.15, 0.2) is 0 Å². The van der Waals surface area contributed by atoms with Gasteiger partial charge in [0.1, 0.15) is 0 Å². The summed E-state index contributed by atoms with van der Waals surface area (Å²) in [6.07, 6.45) is 0.573. The molecule has 0 atom stereocenters. The van der Waals surface area contributed by atoms with Gasteiger partial charge < -0.3 is 5.11 Å². The highest BCUT2D eigenvalue weighted by molar-refractivity contribution is 5.69. The van der Waals surface area contributed by atoms with Gasteiger partial charge in [0.05, 0.1) is 17.9 Å². The van der Waals surface area contributed by atoms with E-state index in [1.54, 1.807) is 0 Å². The first-order valence-corrected chi connectivity index (χ1v) is 5.01. The van der Waals surface area contributed by atoms with E-state index in [0.717, 1.165) is 17.9 Å².